The highest BCUT2D eigenvalue weighted by molar-refractivity contribution is 7.10. The maximum atomic E-state index is 6.36. The fraction of sp³-hybridized carbons (Fsp3) is 0.412. The minimum atomic E-state index is 0.196. The maximum Gasteiger partial charge on any atom is 0.0688 e. The molecule has 0 saturated carbocycles. The van der Waals surface area contributed by atoms with Crippen LogP contribution < -0.4 is 5.32 Å². The van der Waals surface area contributed by atoms with Crippen molar-refractivity contribution < 1.29 is 0 Å². The Labute approximate surface area is 131 Å². The Morgan fingerprint density at radius 2 is 1.85 bits per heavy atom. The molecule has 1 atom stereocenters. The summed E-state index contributed by atoms with van der Waals surface area (Å²) in [6.07, 6.45) is 1.11. The SMILES string of the molecule is CCCNC(c1cc(C)c(C)cc1C)c1sccc1Cl. The second kappa shape index (κ2) is 6.75. The summed E-state index contributed by atoms with van der Waals surface area (Å²) in [4.78, 5) is 1.21. The molecular formula is C17H22ClNS. The molecule has 0 amide bonds. The van der Waals surface area contributed by atoms with Crippen molar-refractivity contribution >= 4 is 22.9 Å². The fourth-order valence-electron chi connectivity index (χ4n) is 2.44. The van der Waals surface area contributed by atoms with Gasteiger partial charge >= 0.3 is 0 Å². The lowest BCUT2D eigenvalue weighted by atomic mass is 9.95. The van der Waals surface area contributed by atoms with Crippen LogP contribution in [0.15, 0.2) is 23.6 Å². The van der Waals surface area contributed by atoms with Crippen LogP contribution in [0.25, 0.3) is 0 Å². The van der Waals surface area contributed by atoms with Crippen LogP contribution in [0.1, 0.15) is 46.5 Å². The summed E-state index contributed by atoms with van der Waals surface area (Å²) in [5.41, 5.74) is 5.34. The normalized spacial score (nSPS) is 12.7. The first-order chi connectivity index (χ1) is 9.54. The van der Waals surface area contributed by atoms with Crippen LogP contribution in [-0.4, -0.2) is 6.54 Å². The number of rotatable bonds is 5. The molecule has 1 N–H and O–H groups in total. The van der Waals surface area contributed by atoms with Crippen LogP contribution >= 0.6 is 22.9 Å². The highest BCUT2D eigenvalue weighted by Gasteiger charge is 2.20. The summed E-state index contributed by atoms with van der Waals surface area (Å²) in [5, 5.41) is 6.57. The molecule has 3 heteroatoms. The largest absolute Gasteiger partial charge is 0.306 e. The van der Waals surface area contributed by atoms with Gasteiger partial charge in [-0.1, -0.05) is 30.7 Å². The van der Waals surface area contributed by atoms with Gasteiger partial charge in [-0.3, -0.25) is 0 Å². The van der Waals surface area contributed by atoms with Crippen LogP contribution in [0.2, 0.25) is 5.02 Å². The fourth-order valence-corrected chi connectivity index (χ4v) is 3.70. The first kappa shape index (κ1) is 15.6. The van der Waals surface area contributed by atoms with E-state index in [0.717, 1.165) is 18.0 Å². The predicted octanol–water partition coefficient (Wildman–Crippen LogP) is 5.42. The van der Waals surface area contributed by atoms with Crippen LogP contribution in [0.4, 0.5) is 0 Å². The van der Waals surface area contributed by atoms with Crippen molar-refractivity contribution in [1.82, 2.24) is 5.32 Å². The first-order valence-electron chi connectivity index (χ1n) is 7.08. The van der Waals surface area contributed by atoms with Gasteiger partial charge in [-0.2, -0.15) is 0 Å². The third-order valence-corrected chi connectivity index (χ3v) is 5.12. The third kappa shape index (κ3) is 3.25. The lowest BCUT2D eigenvalue weighted by Gasteiger charge is -2.22. The van der Waals surface area contributed by atoms with E-state index < -0.39 is 0 Å². The number of thiophene rings is 1. The van der Waals surface area contributed by atoms with E-state index in [9.17, 15) is 0 Å². The van der Waals surface area contributed by atoms with Crippen molar-refractivity contribution in [2.24, 2.45) is 0 Å². The van der Waals surface area contributed by atoms with Crippen molar-refractivity contribution in [3.8, 4) is 0 Å². The molecule has 0 saturated heterocycles. The maximum absolute atomic E-state index is 6.36. The third-order valence-electron chi connectivity index (χ3n) is 3.70. The molecule has 0 radical (unpaired) electrons. The minimum Gasteiger partial charge on any atom is -0.306 e. The van der Waals surface area contributed by atoms with Crippen LogP contribution in [-0.2, 0) is 0 Å². The zero-order valence-corrected chi connectivity index (χ0v) is 14.2. The Morgan fingerprint density at radius 1 is 1.15 bits per heavy atom. The Bertz CT molecular complexity index is 589. The average molecular weight is 308 g/mol. The average Bonchev–Trinajstić information content (AvgIpc) is 2.82. The van der Waals surface area contributed by atoms with E-state index in [2.05, 4.69) is 50.5 Å². The topological polar surface area (TPSA) is 12.0 Å². The molecule has 0 aliphatic carbocycles. The van der Waals surface area contributed by atoms with Gasteiger partial charge in [0.2, 0.25) is 0 Å². The zero-order valence-electron chi connectivity index (χ0n) is 12.6. The Balaban J connectivity index is 2.46. The van der Waals surface area contributed by atoms with Crippen LogP contribution in [0.5, 0.6) is 0 Å². The van der Waals surface area contributed by atoms with E-state index in [-0.39, 0.29) is 6.04 Å². The lowest BCUT2D eigenvalue weighted by molar-refractivity contribution is 0.603. The molecule has 1 nitrogen and oxygen atoms in total. The first-order valence-corrected chi connectivity index (χ1v) is 8.34. The summed E-state index contributed by atoms with van der Waals surface area (Å²) in [6, 6.07) is 6.75. The van der Waals surface area contributed by atoms with Crippen molar-refractivity contribution in [2.45, 2.75) is 40.2 Å². The molecule has 1 aromatic carbocycles. The van der Waals surface area contributed by atoms with Gasteiger partial charge in [-0.05, 0) is 67.4 Å². The summed E-state index contributed by atoms with van der Waals surface area (Å²) in [6.45, 7) is 9.70. The van der Waals surface area contributed by atoms with Gasteiger partial charge in [0.15, 0.2) is 0 Å². The molecule has 0 aliphatic rings. The number of nitrogens with one attached hydrogen (secondary N) is 1. The van der Waals surface area contributed by atoms with Gasteiger partial charge in [0.1, 0.15) is 0 Å². The number of hydrogen-bond acceptors (Lipinski definition) is 2. The molecule has 0 spiro atoms. The molecule has 20 heavy (non-hydrogen) atoms. The number of halogens is 1. The van der Waals surface area contributed by atoms with E-state index in [0.29, 0.717) is 0 Å². The van der Waals surface area contributed by atoms with Gasteiger partial charge in [-0.25, -0.2) is 0 Å². The second-order valence-electron chi connectivity index (χ2n) is 5.31. The monoisotopic (exact) mass is 307 g/mol. The van der Waals surface area contributed by atoms with Gasteiger partial charge < -0.3 is 5.32 Å². The number of benzene rings is 1. The molecule has 1 aromatic heterocycles. The molecule has 2 aromatic rings. The van der Waals surface area contributed by atoms with Gasteiger partial charge in [-0.15, -0.1) is 11.3 Å². The number of aryl methyl sites for hydroxylation is 3. The second-order valence-corrected chi connectivity index (χ2v) is 6.67. The molecule has 2 rings (SSSR count). The van der Waals surface area contributed by atoms with E-state index in [1.165, 1.54) is 27.1 Å². The lowest BCUT2D eigenvalue weighted by Crippen LogP contribution is -2.23. The molecule has 0 fully saturated rings. The van der Waals surface area contributed by atoms with Crippen molar-refractivity contribution in [1.29, 1.82) is 0 Å². The molecule has 1 heterocycles. The van der Waals surface area contributed by atoms with Gasteiger partial charge in [0.25, 0.3) is 0 Å². The Hall–Kier alpha value is -0.830. The summed E-state index contributed by atoms with van der Waals surface area (Å²) in [7, 11) is 0. The minimum absolute atomic E-state index is 0.196. The highest BCUT2D eigenvalue weighted by Crippen LogP contribution is 2.35. The molecule has 108 valence electrons. The Morgan fingerprint density at radius 3 is 2.45 bits per heavy atom. The van der Waals surface area contributed by atoms with Crippen LogP contribution in [0, 0.1) is 20.8 Å². The van der Waals surface area contributed by atoms with Gasteiger partial charge in [0, 0.05) is 4.88 Å². The summed E-state index contributed by atoms with van der Waals surface area (Å²) < 4.78 is 0. The quantitative estimate of drug-likeness (QED) is 0.778. The molecular weight excluding hydrogens is 286 g/mol. The molecule has 1 unspecified atom stereocenters. The van der Waals surface area contributed by atoms with Crippen molar-refractivity contribution in [3.63, 3.8) is 0 Å². The predicted molar refractivity (Wildman–Crippen MR) is 90.1 cm³/mol. The van der Waals surface area contributed by atoms with E-state index in [4.69, 9.17) is 11.6 Å². The highest BCUT2D eigenvalue weighted by atomic mass is 35.5. The summed E-state index contributed by atoms with van der Waals surface area (Å²) in [5.74, 6) is 0. The van der Waals surface area contributed by atoms with E-state index in [1.54, 1.807) is 11.3 Å². The molecule has 0 aliphatic heterocycles. The van der Waals surface area contributed by atoms with E-state index in [1.807, 2.05) is 6.07 Å². The van der Waals surface area contributed by atoms with Crippen molar-refractivity contribution in [2.75, 3.05) is 6.54 Å². The molecule has 0 bridgehead atoms. The smallest absolute Gasteiger partial charge is 0.0688 e. The van der Waals surface area contributed by atoms with Crippen molar-refractivity contribution in [3.05, 3.63) is 55.7 Å². The standard InChI is InChI=1S/C17H22ClNS/c1-5-7-19-16(17-15(18)6-8-20-17)14-10-12(3)11(2)9-13(14)4/h6,8-10,16,19H,5,7H2,1-4H3. The number of hydrogen-bond donors (Lipinski definition) is 1. The van der Waals surface area contributed by atoms with Crippen LogP contribution in [0.3, 0.4) is 0 Å². The Kier molecular flexibility index (Phi) is 5.25. The summed E-state index contributed by atoms with van der Waals surface area (Å²) >= 11 is 8.08. The van der Waals surface area contributed by atoms with E-state index >= 15 is 0 Å². The zero-order chi connectivity index (χ0) is 14.7. The van der Waals surface area contributed by atoms with Gasteiger partial charge in [0.05, 0.1) is 11.1 Å².